The molecule has 0 aliphatic carbocycles. The van der Waals surface area contributed by atoms with Crippen LogP contribution in [0.2, 0.25) is 0 Å². The number of aromatic nitrogens is 1. The Morgan fingerprint density at radius 1 is 0.783 bits per heavy atom. The lowest BCUT2D eigenvalue weighted by atomic mass is 9.81. The average molecular weight is 298 g/mol. The lowest BCUT2D eigenvalue weighted by molar-refractivity contribution is 0.0697. The summed E-state index contributed by atoms with van der Waals surface area (Å²) in [6.45, 7) is 0. The number of hydrogen-bond donors (Lipinski definition) is 1. The second-order valence-corrected chi connectivity index (χ2v) is 5.46. The van der Waals surface area contributed by atoms with Crippen LogP contribution in [0.1, 0.15) is 10.4 Å². The van der Waals surface area contributed by atoms with Gasteiger partial charge in [0.1, 0.15) is 0 Å². The van der Waals surface area contributed by atoms with E-state index in [9.17, 15) is 4.79 Å². The molecule has 0 saturated heterocycles. The van der Waals surface area contributed by atoms with Gasteiger partial charge in [-0.05, 0) is 24.3 Å². The normalized spacial score (nSPS) is 11.0. The van der Waals surface area contributed by atoms with Crippen molar-refractivity contribution < 1.29 is 9.90 Å². The van der Waals surface area contributed by atoms with Crippen LogP contribution in [-0.4, -0.2) is 23.0 Å². The lowest BCUT2D eigenvalue weighted by Gasteiger charge is -2.06. The van der Waals surface area contributed by atoms with Crippen LogP contribution >= 0.6 is 0 Å². The van der Waals surface area contributed by atoms with Gasteiger partial charge < -0.3 is 9.58 Å². The zero-order valence-electron chi connectivity index (χ0n) is 12.3. The first-order valence-electron chi connectivity index (χ1n) is 7.40. The monoisotopic (exact) mass is 298 g/mol. The molecule has 4 aromatic rings. The van der Waals surface area contributed by atoms with Gasteiger partial charge in [0, 0.05) is 21.8 Å². The van der Waals surface area contributed by atoms with Crippen molar-refractivity contribution in [3.63, 3.8) is 0 Å². The van der Waals surface area contributed by atoms with E-state index in [4.69, 9.17) is 5.11 Å². The molecular weight excluding hydrogens is 285 g/mol. The summed E-state index contributed by atoms with van der Waals surface area (Å²) < 4.78 is 2.15. The van der Waals surface area contributed by atoms with Crippen molar-refractivity contribution in [1.82, 2.24) is 4.48 Å². The maximum Gasteiger partial charge on any atom is 0.335 e. The minimum Gasteiger partial charge on any atom is -0.478 e. The molecule has 0 aliphatic rings. The third kappa shape index (κ3) is 2.29. The summed E-state index contributed by atoms with van der Waals surface area (Å²) in [6, 6.07) is 23.5. The van der Waals surface area contributed by atoms with Gasteiger partial charge in [0.05, 0.1) is 5.56 Å². The highest BCUT2D eigenvalue weighted by Gasteiger charge is 2.11. The molecule has 0 amide bonds. The minimum absolute atomic E-state index is 0.296. The number of carbonyl (C=O) groups is 1. The molecule has 0 saturated carbocycles. The van der Waals surface area contributed by atoms with E-state index in [1.54, 1.807) is 12.1 Å². The number of hydrogen-bond acceptors (Lipinski definition) is 1. The van der Waals surface area contributed by atoms with E-state index in [0.29, 0.717) is 5.56 Å². The van der Waals surface area contributed by atoms with E-state index < -0.39 is 5.97 Å². The molecule has 0 fully saturated rings. The maximum absolute atomic E-state index is 11.0. The molecule has 4 rings (SSSR count). The first kappa shape index (κ1) is 13.6. The fourth-order valence-electron chi connectivity index (χ4n) is 2.95. The van der Waals surface area contributed by atoms with E-state index in [0.717, 1.165) is 16.5 Å². The summed E-state index contributed by atoms with van der Waals surface area (Å²) in [4.78, 5) is 11.0. The molecule has 1 radical (unpaired) electrons. The maximum atomic E-state index is 11.0. The van der Waals surface area contributed by atoms with E-state index in [2.05, 4.69) is 28.7 Å². The molecule has 0 aliphatic heterocycles. The fourth-order valence-corrected chi connectivity index (χ4v) is 2.95. The molecule has 1 aromatic heterocycles. The second-order valence-electron chi connectivity index (χ2n) is 5.46. The number of carboxylic acids is 1. The van der Waals surface area contributed by atoms with Crippen molar-refractivity contribution in [2.24, 2.45) is 0 Å². The summed E-state index contributed by atoms with van der Waals surface area (Å²) in [5.41, 5.74) is 3.53. The molecule has 23 heavy (non-hydrogen) atoms. The van der Waals surface area contributed by atoms with Gasteiger partial charge in [0.15, 0.2) is 0 Å². The van der Waals surface area contributed by atoms with E-state index >= 15 is 0 Å². The number of fused-ring (bicyclic) bond motifs is 3. The number of carboxylic acid groups (broad SMARTS) is 1. The van der Waals surface area contributed by atoms with Gasteiger partial charge in [0.2, 0.25) is 0 Å². The quantitative estimate of drug-likeness (QED) is 0.590. The Morgan fingerprint density at radius 2 is 1.30 bits per heavy atom. The van der Waals surface area contributed by atoms with E-state index in [1.165, 1.54) is 10.8 Å². The zero-order chi connectivity index (χ0) is 15.8. The number of nitrogens with zero attached hydrogens (tertiary/aromatic N) is 1. The number of benzene rings is 3. The fraction of sp³-hybridized carbons (Fsp3) is 0. The average Bonchev–Trinajstić information content (AvgIpc) is 2.90. The molecule has 109 valence electrons. The minimum atomic E-state index is -0.909. The Morgan fingerprint density at radius 3 is 1.83 bits per heavy atom. The van der Waals surface area contributed by atoms with Crippen molar-refractivity contribution in [1.29, 1.82) is 0 Å². The van der Waals surface area contributed by atoms with Gasteiger partial charge in [-0.1, -0.05) is 54.0 Å². The summed E-state index contributed by atoms with van der Waals surface area (Å²) in [6.07, 6.45) is 0. The Kier molecular flexibility index (Phi) is 3.16. The van der Waals surface area contributed by atoms with Crippen molar-refractivity contribution >= 4 is 40.7 Å². The van der Waals surface area contributed by atoms with Gasteiger partial charge in [-0.15, -0.1) is 0 Å². The van der Waals surface area contributed by atoms with Crippen LogP contribution in [-0.2, 0) is 0 Å². The topological polar surface area (TPSA) is 42.2 Å². The Labute approximate surface area is 134 Å². The van der Waals surface area contributed by atoms with Gasteiger partial charge in [-0.2, -0.15) is 0 Å². The highest BCUT2D eigenvalue weighted by Crippen LogP contribution is 2.27. The highest BCUT2D eigenvalue weighted by molar-refractivity contribution is 6.54. The lowest BCUT2D eigenvalue weighted by Crippen LogP contribution is -2.22. The predicted octanol–water partition coefficient (Wildman–Crippen LogP) is 3.29. The molecule has 0 bridgehead atoms. The van der Waals surface area contributed by atoms with Crippen molar-refractivity contribution in [3.05, 3.63) is 78.4 Å². The smallest absolute Gasteiger partial charge is 0.335 e. The molecule has 1 heterocycles. The van der Waals surface area contributed by atoms with E-state index in [1.807, 2.05) is 43.8 Å². The third-order valence-electron chi connectivity index (χ3n) is 4.05. The number of para-hydroxylation sites is 2. The Balaban J connectivity index is 1.85. The van der Waals surface area contributed by atoms with Crippen LogP contribution < -0.4 is 5.46 Å². The number of rotatable bonds is 3. The standard InChI is InChI=1S/C19H13BNO2/c22-19(23)13-9-11-14(12-10-13)20-21-17-7-3-1-5-15(17)16-6-2-4-8-18(16)21/h1-12H,(H,22,23). The predicted molar refractivity (Wildman–Crippen MR) is 93.6 cm³/mol. The summed E-state index contributed by atoms with van der Waals surface area (Å²) >= 11 is 0. The molecule has 3 aromatic carbocycles. The molecule has 0 unspecified atom stereocenters. The first-order chi connectivity index (χ1) is 11.2. The largest absolute Gasteiger partial charge is 0.478 e. The molecule has 3 nitrogen and oxygen atoms in total. The van der Waals surface area contributed by atoms with Crippen LogP contribution in [0.4, 0.5) is 0 Å². The number of aromatic carboxylic acids is 1. The summed E-state index contributed by atoms with van der Waals surface area (Å²) in [7, 11) is 2.04. The van der Waals surface area contributed by atoms with Crippen LogP contribution in [0.3, 0.4) is 0 Å². The van der Waals surface area contributed by atoms with Crippen molar-refractivity contribution in [2.75, 3.05) is 0 Å². The Bertz CT molecular complexity index is 965. The third-order valence-corrected chi connectivity index (χ3v) is 4.05. The van der Waals surface area contributed by atoms with Crippen LogP contribution in [0.5, 0.6) is 0 Å². The van der Waals surface area contributed by atoms with Crippen molar-refractivity contribution in [2.45, 2.75) is 0 Å². The van der Waals surface area contributed by atoms with Gasteiger partial charge in [-0.25, -0.2) is 4.79 Å². The molecule has 1 N–H and O–H groups in total. The van der Waals surface area contributed by atoms with Crippen molar-refractivity contribution in [3.8, 4) is 0 Å². The van der Waals surface area contributed by atoms with Gasteiger partial charge >= 0.3 is 5.97 Å². The van der Waals surface area contributed by atoms with E-state index in [-0.39, 0.29) is 0 Å². The highest BCUT2D eigenvalue weighted by atomic mass is 16.4. The summed E-state index contributed by atoms with van der Waals surface area (Å²) in [5.74, 6) is -0.909. The SMILES string of the molecule is O=C(O)c1ccc([B]n2c3ccccc3c3ccccc32)cc1. The van der Waals surface area contributed by atoms with Crippen LogP contribution in [0.25, 0.3) is 21.8 Å². The molecule has 4 heteroatoms. The van der Waals surface area contributed by atoms with Crippen LogP contribution in [0.15, 0.2) is 72.8 Å². The molecular formula is C19H13BNO2. The van der Waals surface area contributed by atoms with Gasteiger partial charge in [0.25, 0.3) is 7.41 Å². The molecule has 0 atom stereocenters. The van der Waals surface area contributed by atoms with Crippen LogP contribution in [0, 0.1) is 0 Å². The first-order valence-corrected chi connectivity index (χ1v) is 7.40. The Hall–Kier alpha value is -3.01. The summed E-state index contributed by atoms with van der Waals surface area (Å²) in [5, 5.41) is 11.4. The zero-order valence-corrected chi connectivity index (χ0v) is 12.3. The van der Waals surface area contributed by atoms with Gasteiger partial charge in [-0.3, -0.25) is 0 Å². The second kappa shape index (κ2) is 5.32. The molecule has 0 spiro atoms.